The maximum Gasteiger partial charge on any atom is 0.271 e. The number of benzene rings is 2. The average Bonchev–Trinajstić information content (AvgIpc) is 2.48. The molecule has 0 bridgehead atoms. The van der Waals surface area contributed by atoms with Crippen molar-refractivity contribution in [2.75, 3.05) is 5.32 Å². The third-order valence-electron chi connectivity index (χ3n) is 3.18. The SMILES string of the molecule is CCCC(Nc1cccc([N+](=O)[O-])c1)c1ccccc1. The maximum absolute atomic E-state index is 10.8. The van der Waals surface area contributed by atoms with E-state index in [1.165, 1.54) is 11.6 Å². The number of nitro benzene ring substituents is 1. The largest absolute Gasteiger partial charge is 0.378 e. The minimum atomic E-state index is -0.372. The number of hydrogen-bond acceptors (Lipinski definition) is 3. The summed E-state index contributed by atoms with van der Waals surface area (Å²) in [6.45, 7) is 2.13. The van der Waals surface area contributed by atoms with Crippen LogP contribution in [0.5, 0.6) is 0 Å². The van der Waals surface area contributed by atoms with Crippen molar-refractivity contribution in [2.45, 2.75) is 25.8 Å². The van der Waals surface area contributed by atoms with Crippen molar-refractivity contribution < 1.29 is 4.92 Å². The van der Waals surface area contributed by atoms with Crippen molar-refractivity contribution in [3.63, 3.8) is 0 Å². The van der Waals surface area contributed by atoms with Crippen LogP contribution in [0.3, 0.4) is 0 Å². The normalized spacial score (nSPS) is 11.8. The fraction of sp³-hybridized carbons (Fsp3) is 0.250. The average molecular weight is 270 g/mol. The molecule has 0 aromatic heterocycles. The molecule has 4 heteroatoms. The monoisotopic (exact) mass is 270 g/mol. The van der Waals surface area contributed by atoms with Gasteiger partial charge in [0, 0.05) is 17.8 Å². The zero-order valence-electron chi connectivity index (χ0n) is 11.5. The van der Waals surface area contributed by atoms with Crippen molar-refractivity contribution in [1.29, 1.82) is 0 Å². The molecule has 2 aromatic carbocycles. The highest BCUT2D eigenvalue weighted by atomic mass is 16.6. The summed E-state index contributed by atoms with van der Waals surface area (Å²) in [5, 5.41) is 14.2. The summed E-state index contributed by atoms with van der Waals surface area (Å²) >= 11 is 0. The molecule has 2 aromatic rings. The second kappa shape index (κ2) is 6.70. The van der Waals surface area contributed by atoms with Gasteiger partial charge in [-0.1, -0.05) is 49.7 Å². The number of non-ortho nitro benzene ring substituents is 1. The zero-order chi connectivity index (χ0) is 14.4. The molecule has 2 rings (SSSR count). The molecule has 1 N–H and O–H groups in total. The molecular formula is C16H18N2O2. The highest BCUT2D eigenvalue weighted by molar-refractivity contribution is 5.52. The molecule has 0 aliphatic heterocycles. The lowest BCUT2D eigenvalue weighted by atomic mass is 10.0. The van der Waals surface area contributed by atoms with Gasteiger partial charge >= 0.3 is 0 Å². The van der Waals surface area contributed by atoms with Crippen LogP contribution in [0.2, 0.25) is 0 Å². The lowest BCUT2D eigenvalue weighted by molar-refractivity contribution is -0.384. The molecule has 0 radical (unpaired) electrons. The minimum Gasteiger partial charge on any atom is -0.378 e. The van der Waals surface area contributed by atoms with Crippen LogP contribution in [-0.2, 0) is 0 Å². The van der Waals surface area contributed by atoms with E-state index < -0.39 is 0 Å². The van der Waals surface area contributed by atoms with Crippen LogP contribution in [0.25, 0.3) is 0 Å². The Morgan fingerprint density at radius 1 is 1.15 bits per heavy atom. The smallest absolute Gasteiger partial charge is 0.271 e. The molecule has 0 aliphatic rings. The lowest BCUT2D eigenvalue weighted by Gasteiger charge is -2.19. The molecule has 0 aliphatic carbocycles. The first-order chi connectivity index (χ1) is 9.70. The molecule has 0 fully saturated rings. The van der Waals surface area contributed by atoms with Gasteiger partial charge < -0.3 is 5.32 Å². The van der Waals surface area contributed by atoms with Crippen LogP contribution in [0, 0.1) is 10.1 Å². The Hall–Kier alpha value is -2.36. The van der Waals surface area contributed by atoms with Gasteiger partial charge in [-0.2, -0.15) is 0 Å². The first-order valence-corrected chi connectivity index (χ1v) is 6.76. The maximum atomic E-state index is 10.8. The molecule has 1 unspecified atom stereocenters. The summed E-state index contributed by atoms with van der Waals surface area (Å²) in [5.41, 5.74) is 2.08. The standard InChI is InChI=1S/C16H18N2O2/c1-2-7-16(13-8-4-3-5-9-13)17-14-10-6-11-15(12-14)18(19)20/h3-6,8-12,16-17H,2,7H2,1H3. The fourth-order valence-electron chi connectivity index (χ4n) is 2.21. The Morgan fingerprint density at radius 2 is 1.90 bits per heavy atom. The van der Waals surface area contributed by atoms with Gasteiger partial charge in [-0.05, 0) is 18.1 Å². The van der Waals surface area contributed by atoms with Crippen LogP contribution >= 0.6 is 0 Å². The predicted molar refractivity (Wildman–Crippen MR) is 80.8 cm³/mol. The zero-order valence-corrected chi connectivity index (χ0v) is 11.5. The Kier molecular flexibility index (Phi) is 4.71. The van der Waals surface area contributed by atoms with E-state index in [0.29, 0.717) is 0 Å². The summed E-state index contributed by atoms with van der Waals surface area (Å²) in [6, 6.07) is 17.0. The number of anilines is 1. The van der Waals surface area contributed by atoms with Gasteiger partial charge in [0.15, 0.2) is 0 Å². The third-order valence-corrected chi connectivity index (χ3v) is 3.18. The van der Waals surface area contributed by atoms with E-state index in [1.807, 2.05) is 24.3 Å². The lowest BCUT2D eigenvalue weighted by Crippen LogP contribution is -2.10. The molecule has 0 heterocycles. The van der Waals surface area contributed by atoms with Crippen LogP contribution in [0.1, 0.15) is 31.4 Å². The van der Waals surface area contributed by atoms with Crippen LogP contribution in [0.15, 0.2) is 54.6 Å². The van der Waals surface area contributed by atoms with Gasteiger partial charge in [0.2, 0.25) is 0 Å². The van der Waals surface area contributed by atoms with Crippen LogP contribution in [-0.4, -0.2) is 4.92 Å². The molecule has 0 amide bonds. The summed E-state index contributed by atoms with van der Waals surface area (Å²) in [4.78, 5) is 10.4. The number of nitrogens with one attached hydrogen (secondary N) is 1. The molecule has 0 saturated carbocycles. The van der Waals surface area contributed by atoms with Crippen molar-refractivity contribution in [3.8, 4) is 0 Å². The topological polar surface area (TPSA) is 55.2 Å². The number of nitro groups is 1. The van der Waals surface area contributed by atoms with Crippen LogP contribution < -0.4 is 5.32 Å². The number of hydrogen-bond donors (Lipinski definition) is 1. The quantitative estimate of drug-likeness (QED) is 0.619. The fourth-order valence-corrected chi connectivity index (χ4v) is 2.21. The summed E-state index contributed by atoms with van der Waals surface area (Å²) in [7, 11) is 0. The Morgan fingerprint density at radius 3 is 2.55 bits per heavy atom. The third kappa shape index (κ3) is 3.57. The second-order valence-corrected chi connectivity index (χ2v) is 4.70. The first-order valence-electron chi connectivity index (χ1n) is 6.76. The van der Waals surface area contributed by atoms with Gasteiger partial charge in [-0.15, -0.1) is 0 Å². The molecule has 4 nitrogen and oxygen atoms in total. The van der Waals surface area contributed by atoms with E-state index >= 15 is 0 Å². The molecule has 0 saturated heterocycles. The first kappa shape index (κ1) is 14.1. The van der Waals surface area contributed by atoms with Crippen molar-refractivity contribution in [2.24, 2.45) is 0 Å². The summed E-state index contributed by atoms with van der Waals surface area (Å²) < 4.78 is 0. The van der Waals surface area contributed by atoms with E-state index in [1.54, 1.807) is 12.1 Å². The van der Waals surface area contributed by atoms with E-state index in [-0.39, 0.29) is 16.7 Å². The van der Waals surface area contributed by atoms with Crippen molar-refractivity contribution in [3.05, 3.63) is 70.3 Å². The number of rotatable bonds is 6. The van der Waals surface area contributed by atoms with Gasteiger partial charge in [0.1, 0.15) is 0 Å². The highest BCUT2D eigenvalue weighted by Crippen LogP contribution is 2.25. The van der Waals surface area contributed by atoms with Crippen LogP contribution in [0.4, 0.5) is 11.4 Å². The summed E-state index contributed by atoms with van der Waals surface area (Å²) in [6.07, 6.45) is 2.02. The van der Waals surface area contributed by atoms with Gasteiger partial charge in [0.25, 0.3) is 5.69 Å². The Balaban J connectivity index is 2.20. The van der Waals surface area contributed by atoms with E-state index in [4.69, 9.17) is 0 Å². The molecular weight excluding hydrogens is 252 g/mol. The van der Waals surface area contributed by atoms with Crippen molar-refractivity contribution >= 4 is 11.4 Å². The molecule has 0 spiro atoms. The molecule has 1 atom stereocenters. The van der Waals surface area contributed by atoms with E-state index in [2.05, 4.69) is 24.4 Å². The highest BCUT2D eigenvalue weighted by Gasteiger charge is 2.12. The Labute approximate surface area is 118 Å². The summed E-state index contributed by atoms with van der Waals surface area (Å²) in [5.74, 6) is 0. The molecule has 20 heavy (non-hydrogen) atoms. The van der Waals surface area contributed by atoms with Crippen molar-refractivity contribution in [1.82, 2.24) is 0 Å². The van der Waals surface area contributed by atoms with E-state index in [0.717, 1.165) is 18.5 Å². The van der Waals surface area contributed by atoms with Gasteiger partial charge in [-0.3, -0.25) is 10.1 Å². The second-order valence-electron chi connectivity index (χ2n) is 4.70. The Bertz CT molecular complexity index is 570. The predicted octanol–water partition coefficient (Wildman–Crippen LogP) is 4.55. The minimum absolute atomic E-state index is 0.110. The van der Waals surface area contributed by atoms with Gasteiger partial charge in [-0.25, -0.2) is 0 Å². The van der Waals surface area contributed by atoms with Gasteiger partial charge in [0.05, 0.1) is 11.0 Å². The number of nitrogens with zero attached hydrogens (tertiary/aromatic N) is 1. The molecule has 104 valence electrons. The van der Waals surface area contributed by atoms with E-state index in [9.17, 15) is 10.1 Å².